The summed E-state index contributed by atoms with van der Waals surface area (Å²) in [7, 11) is 0. The summed E-state index contributed by atoms with van der Waals surface area (Å²) in [6.45, 7) is 2.48. The zero-order valence-corrected chi connectivity index (χ0v) is 18.5. The van der Waals surface area contributed by atoms with Crippen LogP contribution in [0.3, 0.4) is 0 Å². The molecule has 0 atom stereocenters. The molecular formula is C22H15Cl2NO2S2. The van der Waals surface area contributed by atoms with E-state index in [2.05, 4.69) is 0 Å². The van der Waals surface area contributed by atoms with Crippen molar-refractivity contribution >= 4 is 63.5 Å². The van der Waals surface area contributed by atoms with Crippen LogP contribution >= 0.6 is 47.2 Å². The highest BCUT2D eigenvalue weighted by Crippen LogP contribution is 2.37. The van der Waals surface area contributed by atoms with Crippen molar-refractivity contribution in [2.24, 2.45) is 0 Å². The van der Waals surface area contributed by atoms with E-state index in [0.29, 0.717) is 42.9 Å². The van der Waals surface area contributed by atoms with E-state index >= 15 is 0 Å². The maximum atomic E-state index is 12.8. The topological polar surface area (TPSA) is 33.5 Å². The van der Waals surface area contributed by atoms with Gasteiger partial charge in [0.05, 0.1) is 21.5 Å². The lowest BCUT2D eigenvalue weighted by molar-refractivity contribution is -0.122. The number of benzene rings is 2. The minimum atomic E-state index is -0.126. The van der Waals surface area contributed by atoms with Crippen LogP contribution in [-0.4, -0.2) is 15.1 Å². The molecular weight excluding hydrogens is 445 g/mol. The summed E-state index contributed by atoms with van der Waals surface area (Å²) >= 11 is 19.0. The molecule has 1 aliphatic rings. The predicted octanol–water partition coefficient (Wildman–Crippen LogP) is 6.96. The highest BCUT2D eigenvalue weighted by molar-refractivity contribution is 8.26. The summed E-state index contributed by atoms with van der Waals surface area (Å²) in [5.74, 6) is 1.00. The van der Waals surface area contributed by atoms with Gasteiger partial charge in [0.25, 0.3) is 5.91 Å². The molecule has 0 N–H and O–H groups in total. The van der Waals surface area contributed by atoms with Crippen molar-refractivity contribution in [1.82, 2.24) is 4.90 Å². The molecule has 0 aliphatic carbocycles. The number of aryl methyl sites for hydroxylation is 1. The zero-order valence-electron chi connectivity index (χ0n) is 15.3. The maximum Gasteiger partial charge on any atom is 0.266 e. The third-order valence-electron chi connectivity index (χ3n) is 4.45. The average molecular weight is 460 g/mol. The average Bonchev–Trinajstić information content (AvgIpc) is 3.26. The molecule has 1 saturated heterocycles. The summed E-state index contributed by atoms with van der Waals surface area (Å²) in [6, 6.07) is 17.0. The number of halogens is 2. The molecule has 1 aliphatic heterocycles. The highest BCUT2D eigenvalue weighted by atomic mass is 35.5. The summed E-state index contributed by atoms with van der Waals surface area (Å²) in [5, 5.41) is 0.888. The molecule has 3 aromatic rings. The van der Waals surface area contributed by atoms with E-state index in [1.54, 1.807) is 29.2 Å². The fourth-order valence-electron chi connectivity index (χ4n) is 2.91. The van der Waals surface area contributed by atoms with Gasteiger partial charge in [-0.3, -0.25) is 9.69 Å². The minimum absolute atomic E-state index is 0.126. The van der Waals surface area contributed by atoms with Crippen molar-refractivity contribution < 1.29 is 9.21 Å². The zero-order chi connectivity index (χ0) is 20.5. The van der Waals surface area contributed by atoms with E-state index < -0.39 is 0 Å². The lowest BCUT2D eigenvalue weighted by Gasteiger charge is -2.14. The van der Waals surface area contributed by atoms with Gasteiger partial charge in [-0.15, -0.1) is 0 Å². The van der Waals surface area contributed by atoms with Crippen LogP contribution in [0.4, 0.5) is 0 Å². The van der Waals surface area contributed by atoms with Crippen LogP contribution in [-0.2, 0) is 11.3 Å². The first kappa shape index (κ1) is 20.2. The Balaban J connectivity index is 1.55. The van der Waals surface area contributed by atoms with Crippen LogP contribution in [0.1, 0.15) is 16.9 Å². The van der Waals surface area contributed by atoms with E-state index in [0.717, 1.165) is 5.56 Å². The van der Waals surface area contributed by atoms with Gasteiger partial charge in [0.15, 0.2) is 0 Å². The second-order valence-electron chi connectivity index (χ2n) is 6.56. The lowest BCUT2D eigenvalue weighted by atomic mass is 10.1. The fraction of sp³-hybridized carbons (Fsp3) is 0.0909. The molecule has 7 heteroatoms. The standard InChI is InChI=1S/C22H15Cl2NO2S2/c1-13-5-7-14(8-6-13)12-25-21(26)19(29-22(25)28)11-15-9-10-18(27-15)16-3-2-4-17(23)20(16)24/h2-11H,12H2,1H3/b19-11-. The molecule has 0 spiro atoms. The van der Waals surface area contributed by atoms with Crippen molar-refractivity contribution in [3.63, 3.8) is 0 Å². The maximum absolute atomic E-state index is 12.8. The first-order valence-electron chi connectivity index (χ1n) is 8.77. The molecule has 1 fully saturated rings. The third-order valence-corrected chi connectivity index (χ3v) is 6.65. The number of hydrogen-bond acceptors (Lipinski definition) is 4. The molecule has 1 amide bonds. The van der Waals surface area contributed by atoms with Gasteiger partial charge in [0, 0.05) is 11.6 Å². The lowest BCUT2D eigenvalue weighted by Crippen LogP contribution is -2.27. The Labute approximate surface area is 188 Å². The largest absolute Gasteiger partial charge is 0.457 e. The molecule has 4 rings (SSSR count). The van der Waals surface area contributed by atoms with Crippen LogP contribution < -0.4 is 0 Å². The minimum Gasteiger partial charge on any atom is -0.457 e. The van der Waals surface area contributed by atoms with Crippen molar-refractivity contribution in [3.05, 3.63) is 86.4 Å². The van der Waals surface area contributed by atoms with Crippen LogP contribution in [0.2, 0.25) is 10.0 Å². The number of carbonyl (C=O) groups excluding carboxylic acids is 1. The summed E-state index contributed by atoms with van der Waals surface area (Å²) in [6.07, 6.45) is 1.70. The van der Waals surface area contributed by atoms with E-state index in [9.17, 15) is 4.79 Å². The SMILES string of the molecule is Cc1ccc(CN2C(=O)/C(=C/c3ccc(-c4cccc(Cl)c4Cl)o3)SC2=S)cc1. The predicted molar refractivity (Wildman–Crippen MR) is 124 cm³/mol. The van der Waals surface area contributed by atoms with Gasteiger partial charge in [0.1, 0.15) is 15.8 Å². The summed E-state index contributed by atoms with van der Waals surface area (Å²) in [5.41, 5.74) is 2.90. The monoisotopic (exact) mass is 459 g/mol. The van der Waals surface area contributed by atoms with Crippen molar-refractivity contribution in [2.75, 3.05) is 0 Å². The molecule has 1 aromatic heterocycles. The van der Waals surface area contributed by atoms with E-state index in [-0.39, 0.29) is 5.91 Å². The molecule has 0 saturated carbocycles. The fourth-order valence-corrected chi connectivity index (χ4v) is 4.54. The van der Waals surface area contributed by atoms with E-state index in [1.807, 2.05) is 43.3 Å². The third kappa shape index (κ3) is 4.28. The first-order chi connectivity index (χ1) is 13.9. The van der Waals surface area contributed by atoms with Crippen LogP contribution in [0.25, 0.3) is 17.4 Å². The summed E-state index contributed by atoms with van der Waals surface area (Å²) < 4.78 is 6.40. The molecule has 2 heterocycles. The van der Waals surface area contributed by atoms with Crippen molar-refractivity contribution in [2.45, 2.75) is 13.5 Å². The molecule has 0 bridgehead atoms. The highest BCUT2D eigenvalue weighted by Gasteiger charge is 2.32. The Morgan fingerprint density at radius 3 is 2.62 bits per heavy atom. The number of amides is 1. The Kier molecular flexibility index (Phi) is 5.83. The number of thiocarbonyl (C=S) groups is 1. The van der Waals surface area contributed by atoms with E-state index in [1.165, 1.54) is 17.3 Å². The number of rotatable bonds is 4. The quantitative estimate of drug-likeness (QED) is 0.311. The van der Waals surface area contributed by atoms with Crippen LogP contribution in [0, 0.1) is 6.92 Å². The number of furan rings is 1. The Bertz CT molecular complexity index is 1140. The number of thioether (sulfide) groups is 1. The normalized spacial score (nSPS) is 15.6. The molecule has 0 radical (unpaired) electrons. The first-order valence-corrected chi connectivity index (χ1v) is 10.8. The Morgan fingerprint density at radius 1 is 1.10 bits per heavy atom. The van der Waals surface area contributed by atoms with Gasteiger partial charge in [0.2, 0.25) is 0 Å². The van der Waals surface area contributed by atoms with Crippen LogP contribution in [0.5, 0.6) is 0 Å². The second kappa shape index (κ2) is 8.36. The van der Waals surface area contributed by atoms with E-state index in [4.69, 9.17) is 39.8 Å². The van der Waals surface area contributed by atoms with Gasteiger partial charge in [-0.05, 0) is 36.8 Å². The van der Waals surface area contributed by atoms with Crippen molar-refractivity contribution in [1.29, 1.82) is 0 Å². The number of nitrogens with zero attached hydrogens (tertiary/aromatic N) is 1. The Morgan fingerprint density at radius 2 is 1.86 bits per heavy atom. The molecule has 3 nitrogen and oxygen atoms in total. The number of carbonyl (C=O) groups is 1. The van der Waals surface area contributed by atoms with Gasteiger partial charge in [-0.2, -0.15) is 0 Å². The second-order valence-corrected chi connectivity index (χ2v) is 9.02. The molecule has 29 heavy (non-hydrogen) atoms. The number of hydrogen-bond donors (Lipinski definition) is 0. The summed E-state index contributed by atoms with van der Waals surface area (Å²) in [4.78, 5) is 15.0. The van der Waals surface area contributed by atoms with Gasteiger partial charge in [-0.25, -0.2) is 0 Å². The Hall–Kier alpha value is -2.05. The smallest absolute Gasteiger partial charge is 0.266 e. The van der Waals surface area contributed by atoms with Crippen molar-refractivity contribution in [3.8, 4) is 11.3 Å². The van der Waals surface area contributed by atoms with Gasteiger partial charge < -0.3 is 4.42 Å². The molecule has 0 unspecified atom stereocenters. The van der Waals surface area contributed by atoms with Gasteiger partial charge >= 0.3 is 0 Å². The molecule has 146 valence electrons. The van der Waals surface area contributed by atoms with Crippen LogP contribution in [0.15, 0.2) is 63.9 Å². The van der Waals surface area contributed by atoms with Gasteiger partial charge in [-0.1, -0.05) is 83.1 Å². The molecule has 2 aromatic carbocycles.